The average molecular weight is 304 g/mol. The Morgan fingerprint density at radius 2 is 1.62 bits per heavy atom. The molecular weight excluding hydrogens is 292 g/mol. The Kier molecular flexibility index (Phi) is 4.34. The number of nitrogens with zero attached hydrogens (tertiary/aromatic N) is 1. The molecule has 0 saturated carbocycles. The van der Waals surface area contributed by atoms with Gasteiger partial charge >= 0.3 is 0 Å². The van der Waals surface area contributed by atoms with Crippen LogP contribution in [0.2, 0.25) is 0 Å². The van der Waals surface area contributed by atoms with Crippen LogP contribution in [0.4, 0.5) is 11.4 Å². The predicted octanol–water partition coefficient (Wildman–Crippen LogP) is 3.01. The van der Waals surface area contributed by atoms with Gasteiger partial charge in [-0.2, -0.15) is 0 Å². The fourth-order valence-corrected chi connectivity index (χ4v) is 2.45. The molecule has 7 heteroatoms. The summed E-state index contributed by atoms with van der Waals surface area (Å²) in [6.45, 7) is 0. The van der Waals surface area contributed by atoms with Crippen molar-refractivity contribution in [1.29, 1.82) is 0 Å². The predicted molar refractivity (Wildman–Crippen MR) is 81.1 cm³/mol. The van der Waals surface area contributed by atoms with E-state index in [9.17, 15) is 18.5 Å². The van der Waals surface area contributed by atoms with Gasteiger partial charge in [-0.05, 0) is 23.8 Å². The first kappa shape index (κ1) is 14.7. The molecule has 0 amide bonds. The van der Waals surface area contributed by atoms with Crippen molar-refractivity contribution in [2.45, 2.75) is 0 Å². The highest BCUT2D eigenvalue weighted by atomic mass is 32.2. The summed E-state index contributed by atoms with van der Waals surface area (Å²) in [7, 11) is -3.67. The van der Waals surface area contributed by atoms with Gasteiger partial charge in [0.1, 0.15) is 0 Å². The van der Waals surface area contributed by atoms with E-state index < -0.39 is 14.9 Å². The van der Waals surface area contributed by atoms with Crippen molar-refractivity contribution >= 4 is 27.5 Å². The number of hydrogen-bond acceptors (Lipinski definition) is 4. The van der Waals surface area contributed by atoms with Crippen LogP contribution in [0.5, 0.6) is 0 Å². The largest absolute Gasteiger partial charge is 0.280 e. The fourth-order valence-electron chi connectivity index (χ4n) is 1.58. The lowest BCUT2D eigenvalue weighted by molar-refractivity contribution is -0.384. The number of nitro benzene ring substituents is 1. The van der Waals surface area contributed by atoms with Crippen LogP contribution in [-0.2, 0) is 10.0 Å². The molecule has 2 rings (SSSR count). The highest BCUT2D eigenvalue weighted by Gasteiger charge is 2.08. The van der Waals surface area contributed by atoms with Gasteiger partial charge in [0.2, 0.25) is 0 Å². The van der Waals surface area contributed by atoms with E-state index in [4.69, 9.17) is 0 Å². The zero-order valence-corrected chi connectivity index (χ0v) is 11.7. The van der Waals surface area contributed by atoms with Crippen LogP contribution >= 0.6 is 0 Å². The molecule has 21 heavy (non-hydrogen) atoms. The third-order valence-corrected chi connectivity index (χ3v) is 3.59. The number of benzene rings is 2. The molecule has 0 unspecified atom stereocenters. The Morgan fingerprint density at radius 3 is 2.19 bits per heavy atom. The van der Waals surface area contributed by atoms with Gasteiger partial charge in [-0.25, -0.2) is 8.42 Å². The van der Waals surface area contributed by atoms with Gasteiger partial charge in [0, 0.05) is 17.8 Å². The maximum atomic E-state index is 11.9. The van der Waals surface area contributed by atoms with Gasteiger partial charge in [0.15, 0.2) is 0 Å². The number of anilines is 1. The van der Waals surface area contributed by atoms with Gasteiger partial charge in [-0.15, -0.1) is 0 Å². The zero-order chi connectivity index (χ0) is 15.3. The lowest BCUT2D eigenvalue weighted by atomic mass is 10.2. The number of non-ortho nitro benzene ring substituents is 1. The molecular formula is C14H12N2O4S. The van der Waals surface area contributed by atoms with Crippen LogP contribution in [0.15, 0.2) is 60.0 Å². The van der Waals surface area contributed by atoms with Crippen LogP contribution in [0.1, 0.15) is 5.56 Å². The van der Waals surface area contributed by atoms with Crippen molar-refractivity contribution in [3.8, 4) is 0 Å². The van der Waals surface area contributed by atoms with Gasteiger partial charge in [0.05, 0.1) is 10.3 Å². The summed E-state index contributed by atoms with van der Waals surface area (Å²) in [6, 6.07) is 14.1. The van der Waals surface area contributed by atoms with Crippen molar-refractivity contribution < 1.29 is 13.3 Å². The third kappa shape index (κ3) is 4.43. The molecule has 1 N–H and O–H groups in total. The Hall–Kier alpha value is -2.67. The standard InChI is InChI=1S/C14H12N2O4S/c17-16(18)14-8-6-13(7-9-14)15-21(19,20)11-10-12-4-2-1-3-5-12/h1-11,15H/b11-10+. The highest BCUT2D eigenvalue weighted by Crippen LogP contribution is 2.17. The fraction of sp³-hybridized carbons (Fsp3) is 0. The average Bonchev–Trinajstić information content (AvgIpc) is 2.46. The van der Waals surface area contributed by atoms with E-state index in [0.29, 0.717) is 0 Å². The van der Waals surface area contributed by atoms with E-state index in [1.165, 1.54) is 30.3 Å². The lowest BCUT2D eigenvalue weighted by Crippen LogP contribution is -2.08. The van der Waals surface area contributed by atoms with Crippen molar-refractivity contribution in [2.24, 2.45) is 0 Å². The van der Waals surface area contributed by atoms with Crippen LogP contribution in [0.3, 0.4) is 0 Å². The van der Waals surface area contributed by atoms with Gasteiger partial charge in [-0.1, -0.05) is 30.3 Å². The summed E-state index contributed by atoms with van der Waals surface area (Å²) in [6.07, 6.45) is 1.47. The van der Waals surface area contributed by atoms with E-state index >= 15 is 0 Å². The Balaban J connectivity index is 2.10. The molecule has 2 aromatic carbocycles. The molecule has 0 saturated heterocycles. The van der Waals surface area contributed by atoms with Crippen molar-refractivity contribution in [3.05, 3.63) is 75.7 Å². The molecule has 0 bridgehead atoms. The SMILES string of the molecule is O=[N+]([O-])c1ccc(NS(=O)(=O)/C=C/c2ccccc2)cc1. The first-order valence-corrected chi connectivity index (χ1v) is 7.51. The molecule has 0 aliphatic heterocycles. The minimum atomic E-state index is -3.67. The summed E-state index contributed by atoms with van der Waals surface area (Å²) in [5.41, 5.74) is 0.919. The van der Waals surface area contributed by atoms with E-state index in [1.807, 2.05) is 6.07 Å². The summed E-state index contributed by atoms with van der Waals surface area (Å²) in [5.74, 6) is 0. The minimum Gasteiger partial charge on any atom is -0.280 e. The monoisotopic (exact) mass is 304 g/mol. The van der Waals surface area contributed by atoms with Crippen molar-refractivity contribution in [2.75, 3.05) is 4.72 Å². The second kappa shape index (κ2) is 6.19. The first-order chi connectivity index (χ1) is 9.96. The molecule has 0 atom stereocenters. The molecule has 108 valence electrons. The molecule has 2 aromatic rings. The van der Waals surface area contributed by atoms with Crippen molar-refractivity contribution in [3.63, 3.8) is 0 Å². The summed E-state index contributed by atoms with van der Waals surface area (Å²) < 4.78 is 26.0. The number of rotatable bonds is 5. The molecule has 0 radical (unpaired) electrons. The van der Waals surface area contributed by atoms with Crippen LogP contribution in [0, 0.1) is 10.1 Å². The molecule has 0 aromatic heterocycles. The highest BCUT2D eigenvalue weighted by molar-refractivity contribution is 7.95. The second-order valence-electron chi connectivity index (χ2n) is 4.16. The number of sulfonamides is 1. The quantitative estimate of drug-likeness (QED) is 0.679. The Morgan fingerprint density at radius 1 is 1.00 bits per heavy atom. The number of nitrogens with one attached hydrogen (secondary N) is 1. The minimum absolute atomic E-state index is 0.0993. The number of hydrogen-bond donors (Lipinski definition) is 1. The molecule has 0 fully saturated rings. The van der Waals surface area contributed by atoms with Crippen molar-refractivity contribution in [1.82, 2.24) is 0 Å². The summed E-state index contributed by atoms with van der Waals surface area (Å²) in [5, 5.41) is 11.6. The van der Waals surface area contributed by atoms with Crippen LogP contribution in [0.25, 0.3) is 6.08 Å². The smallest absolute Gasteiger partial charge is 0.269 e. The lowest BCUT2D eigenvalue weighted by Gasteiger charge is -2.03. The molecule has 0 spiro atoms. The first-order valence-electron chi connectivity index (χ1n) is 5.97. The van der Waals surface area contributed by atoms with E-state index in [1.54, 1.807) is 24.3 Å². The molecule has 6 nitrogen and oxygen atoms in total. The summed E-state index contributed by atoms with van der Waals surface area (Å²) in [4.78, 5) is 9.96. The van der Waals surface area contributed by atoms with E-state index in [-0.39, 0.29) is 11.4 Å². The Labute approximate surface area is 121 Å². The van der Waals surface area contributed by atoms with Gasteiger partial charge in [0.25, 0.3) is 15.7 Å². The maximum absolute atomic E-state index is 11.9. The topological polar surface area (TPSA) is 89.3 Å². The van der Waals surface area contributed by atoms with Gasteiger partial charge < -0.3 is 0 Å². The summed E-state index contributed by atoms with van der Waals surface area (Å²) >= 11 is 0. The van der Waals surface area contributed by atoms with Gasteiger partial charge in [-0.3, -0.25) is 14.8 Å². The normalized spacial score (nSPS) is 11.4. The van der Waals surface area contributed by atoms with Crippen LogP contribution in [-0.4, -0.2) is 13.3 Å². The van der Waals surface area contributed by atoms with Crippen LogP contribution < -0.4 is 4.72 Å². The number of nitro groups is 1. The maximum Gasteiger partial charge on any atom is 0.269 e. The molecule has 0 aliphatic carbocycles. The Bertz CT molecular complexity index is 753. The molecule has 0 aliphatic rings. The molecule has 0 heterocycles. The third-order valence-electron chi connectivity index (χ3n) is 2.58. The zero-order valence-electron chi connectivity index (χ0n) is 10.8. The van der Waals surface area contributed by atoms with E-state index in [0.717, 1.165) is 11.0 Å². The van der Waals surface area contributed by atoms with E-state index in [2.05, 4.69) is 4.72 Å². The second-order valence-corrected chi connectivity index (χ2v) is 5.73.